The Morgan fingerprint density at radius 2 is 1.58 bits per heavy atom. The predicted octanol–water partition coefficient (Wildman–Crippen LogP) is 3.09. The molecule has 0 radical (unpaired) electrons. The number of nitrogens with two attached hydrogens (primary N) is 1. The zero-order valence-electron chi connectivity index (χ0n) is 10.3. The van der Waals surface area contributed by atoms with Crippen LogP contribution in [0.1, 0.15) is 11.3 Å². The molecule has 3 rings (SSSR count). The summed E-state index contributed by atoms with van der Waals surface area (Å²) >= 11 is 0. The molecule has 3 nitrogen and oxygen atoms in total. The van der Waals surface area contributed by atoms with Crippen LogP contribution in [0.5, 0.6) is 0 Å². The molecule has 3 aromatic rings. The van der Waals surface area contributed by atoms with E-state index in [4.69, 9.17) is 5.73 Å². The highest BCUT2D eigenvalue weighted by molar-refractivity contribution is 5.81. The summed E-state index contributed by atoms with van der Waals surface area (Å²) in [7, 11) is 0. The van der Waals surface area contributed by atoms with E-state index in [2.05, 4.69) is 9.97 Å². The van der Waals surface area contributed by atoms with Gasteiger partial charge in [0.1, 0.15) is 5.69 Å². The van der Waals surface area contributed by atoms with E-state index < -0.39 is 0 Å². The molecule has 1 heterocycles. The topological polar surface area (TPSA) is 51.8 Å². The highest BCUT2D eigenvalue weighted by Crippen LogP contribution is 2.14. The fourth-order valence-electron chi connectivity index (χ4n) is 1.90. The summed E-state index contributed by atoms with van der Waals surface area (Å²) in [5.74, 6) is 0. The number of rotatable bonds is 2. The highest BCUT2D eigenvalue weighted by Gasteiger charge is 2.02. The van der Waals surface area contributed by atoms with Gasteiger partial charge in [-0.1, -0.05) is 42.5 Å². The lowest BCUT2D eigenvalue weighted by molar-refractivity contribution is 1.24. The predicted molar refractivity (Wildman–Crippen MR) is 78.0 cm³/mol. The van der Waals surface area contributed by atoms with Crippen LogP contribution in [-0.2, 0) is 0 Å². The van der Waals surface area contributed by atoms with Crippen LogP contribution in [0.25, 0.3) is 22.8 Å². The molecule has 19 heavy (non-hydrogen) atoms. The second kappa shape index (κ2) is 4.90. The average Bonchev–Trinajstić information content (AvgIpc) is 2.48. The molecule has 0 saturated heterocycles. The van der Waals surface area contributed by atoms with Crippen LogP contribution in [0.4, 0.5) is 0 Å². The van der Waals surface area contributed by atoms with Crippen molar-refractivity contribution in [3.63, 3.8) is 0 Å². The summed E-state index contributed by atoms with van der Waals surface area (Å²) in [6.45, 7) is 0. The van der Waals surface area contributed by atoms with Crippen molar-refractivity contribution in [3.8, 4) is 0 Å². The highest BCUT2D eigenvalue weighted by atomic mass is 14.8. The molecule has 92 valence electrons. The first-order valence-electron chi connectivity index (χ1n) is 6.07. The molecule has 2 aromatic carbocycles. The Kier molecular flexibility index (Phi) is 2.94. The minimum atomic E-state index is 0.615. The van der Waals surface area contributed by atoms with Crippen molar-refractivity contribution in [2.45, 2.75) is 0 Å². The summed E-state index contributed by atoms with van der Waals surface area (Å²) in [6.07, 6.45) is 3.61. The van der Waals surface area contributed by atoms with E-state index in [0.717, 1.165) is 16.6 Å². The molecule has 0 amide bonds. The van der Waals surface area contributed by atoms with Crippen molar-refractivity contribution in [1.82, 2.24) is 9.97 Å². The molecular weight excluding hydrogens is 234 g/mol. The van der Waals surface area contributed by atoms with Gasteiger partial charge in [-0.15, -0.1) is 0 Å². The van der Waals surface area contributed by atoms with Crippen molar-refractivity contribution >= 4 is 22.8 Å². The summed E-state index contributed by atoms with van der Waals surface area (Å²) in [5, 5.41) is 0. The third kappa shape index (κ3) is 2.45. The molecule has 0 unspecified atom stereocenters. The summed E-state index contributed by atoms with van der Waals surface area (Å²) in [4.78, 5) is 8.88. The Labute approximate surface area is 111 Å². The Bertz CT molecular complexity index is 733. The minimum absolute atomic E-state index is 0.615. The van der Waals surface area contributed by atoms with Crippen LogP contribution in [-0.4, -0.2) is 9.97 Å². The maximum Gasteiger partial charge on any atom is 0.105 e. The SMILES string of the molecule is NC(=Cc1ccccc1)c1cnc2ccccc2n1. The van der Waals surface area contributed by atoms with Gasteiger partial charge in [0.2, 0.25) is 0 Å². The lowest BCUT2D eigenvalue weighted by Crippen LogP contribution is -2.00. The van der Waals surface area contributed by atoms with Gasteiger partial charge >= 0.3 is 0 Å². The Morgan fingerprint density at radius 3 is 2.37 bits per heavy atom. The van der Waals surface area contributed by atoms with Gasteiger partial charge in [-0.05, 0) is 23.8 Å². The van der Waals surface area contributed by atoms with Crippen molar-refractivity contribution < 1.29 is 0 Å². The van der Waals surface area contributed by atoms with Crippen molar-refractivity contribution in [2.24, 2.45) is 5.73 Å². The zero-order valence-corrected chi connectivity index (χ0v) is 10.3. The maximum absolute atomic E-state index is 6.08. The number of para-hydroxylation sites is 2. The molecule has 0 fully saturated rings. The van der Waals surface area contributed by atoms with Crippen LogP contribution < -0.4 is 5.73 Å². The summed E-state index contributed by atoms with van der Waals surface area (Å²) in [6, 6.07) is 17.7. The second-order valence-electron chi connectivity index (χ2n) is 4.25. The molecule has 1 aromatic heterocycles. The van der Waals surface area contributed by atoms with Crippen LogP contribution in [0.15, 0.2) is 60.8 Å². The molecule has 0 spiro atoms. The number of benzene rings is 2. The van der Waals surface area contributed by atoms with E-state index in [0.29, 0.717) is 11.4 Å². The molecular formula is C16H13N3. The monoisotopic (exact) mass is 247 g/mol. The van der Waals surface area contributed by atoms with Crippen LogP contribution in [0.3, 0.4) is 0 Å². The van der Waals surface area contributed by atoms with E-state index in [9.17, 15) is 0 Å². The van der Waals surface area contributed by atoms with Crippen molar-refractivity contribution in [2.75, 3.05) is 0 Å². The van der Waals surface area contributed by atoms with E-state index >= 15 is 0 Å². The Morgan fingerprint density at radius 1 is 0.895 bits per heavy atom. The van der Waals surface area contributed by atoms with Crippen molar-refractivity contribution in [1.29, 1.82) is 0 Å². The van der Waals surface area contributed by atoms with Gasteiger partial charge in [-0.3, -0.25) is 4.98 Å². The third-order valence-electron chi connectivity index (χ3n) is 2.87. The van der Waals surface area contributed by atoms with Gasteiger partial charge in [0.25, 0.3) is 0 Å². The second-order valence-corrected chi connectivity index (χ2v) is 4.25. The summed E-state index contributed by atoms with van der Waals surface area (Å²) in [5.41, 5.74) is 10.2. The smallest absolute Gasteiger partial charge is 0.105 e. The first-order chi connectivity index (χ1) is 9.33. The number of aromatic nitrogens is 2. The van der Waals surface area contributed by atoms with Gasteiger partial charge in [-0.2, -0.15) is 0 Å². The Hall–Kier alpha value is -2.68. The van der Waals surface area contributed by atoms with Gasteiger partial charge in [0.15, 0.2) is 0 Å². The lowest BCUT2D eigenvalue weighted by Gasteiger charge is -2.03. The largest absolute Gasteiger partial charge is 0.397 e. The summed E-state index contributed by atoms with van der Waals surface area (Å²) < 4.78 is 0. The fourth-order valence-corrected chi connectivity index (χ4v) is 1.90. The van der Waals surface area contributed by atoms with Crippen LogP contribution in [0.2, 0.25) is 0 Å². The van der Waals surface area contributed by atoms with Crippen LogP contribution in [0, 0.1) is 0 Å². The van der Waals surface area contributed by atoms with E-state index in [-0.39, 0.29) is 0 Å². The fraction of sp³-hybridized carbons (Fsp3) is 0. The third-order valence-corrected chi connectivity index (χ3v) is 2.87. The standard InChI is InChI=1S/C16H13N3/c17-13(10-12-6-2-1-3-7-12)16-11-18-14-8-4-5-9-15(14)19-16/h1-11H,17H2. The lowest BCUT2D eigenvalue weighted by atomic mass is 10.1. The number of nitrogens with zero attached hydrogens (tertiary/aromatic N) is 2. The molecule has 0 atom stereocenters. The molecule has 0 aliphatic carbocycles. The molecule has 0 bridgehead atoms. The number of fused-ring (bicyclic) bond motifs is 1. The van der Waals surface area contributed by atoms with Gasteiger partial charge in [-0.25, -0.2) is 4.98 Å². The molecule has 0 saturated carbocycles. The van der Waals surface area contributed by atoms with Crippen molar-refractivity contribution in [3.05, 3.63) is 72.1 Å². The molecule has 0 aliphatic heterocycles. The van der Waals surface area contributed by atoms with Gasteiger partial charge in [0.05, 0.1) is 22.9 Å². The maximum atomic E-state index is 6.08. The molecule has 0 aliphatic rings. The number of hydrogen-bond donors (Lipinski definition) is 1. The van der Waals surface area contributed by atoms with Gasteiger partial charge in [0, 0.05) is 0 Å². The van der Waals surface area contributed by atoms with Crippen LogP contribution >= 0.6 is 0 Å². The zero-order chi connectivity index (χ0) is 13.1. The molecule has 2 N–H and O–H groups in total. The molecule has 3 heteroatoms. The average molecular weight is 247 g/mol. The minimum Gasteiger partial charge on any atom is -0.397 e. The van der Waals surface area contributed by atoms with E-state index in [1.807, 2.05) is 60.7 Å². The van der Waals surface area contributed by atoms with E-state index in [1.54, 1.807) is 6.20 Å². The number of hydrogen-bond acceptors (Lipinski definition) is 3. The Balaban J connectivity index is 2.02. The van der Waals surface area contributed by atoms with E-state index in [1.165, 1.54) is 0 Å². The van der Waals surface area contributed by atoms with Gasteiger partial charge < -0.3 is 5.73 Å². The quantitative estimate of drug-likeness (QED) is 0.757. The normalized spacial score (nSPS) is 11.7. The first kappa shape index (κ1) is 11.4. The first-order valence-corrected chi connectivity index (χ1v) is 6.07.